The summed E-state index contributed by atoms with van der Waals surface area (Å²) in [5.74, 6) is -3.10. The highest BCUT2D eigenvalue weighted by Gasteiger charge is 2.26. The molecule has 1 aromatic carbocycles. The van der Waals surface area contributed by atoms with Gasteiger partial charge in [0.2, 0.25) is 0 Å². The van der Waals surface area contributed by atoms with E-state index in [0.717, 1.165) is 6.07 Å². The molecule has 1 aliphatic rings. The van der Waals surface area contributed by atoms with E-state index in [4.69, 9.17) is 9.47 Å². The predicted molar refractivity (Wildman–Crippen MR) is 45.7 cm³/mol. The molecule has 0 bridgehead atoms. The maximum atomic E-state index is 13.4. The maximum Gasteiger partial charge on any atom is 0.187 e. The minimum Gasteiger partial charge on any atom is -0.346 e. The lowest BCUT2D eigenvalue weighted by Crippen LogP contribution is -2.06. The zero-order chi connectivity index (χ0) is 11.0. The van der Waals surface area contributed by atoms with Crippen LogP contribution in [0.25, 0.3) is 0 Å². The minimum atomic E-state index is -1.19. The Balaban J connectivity index is 2.47. The average Bonchev–Trinajstić information content (AvgIpc) is 2.73. The second-order valence-electron chi connectivity index (χ2n) is 3.27. The number of hydrogen-bond acceptors (Lipinski definition) is 2. The summed E-state index contributed by atoms with van der Waals surface area (Å²) >= 11 is 0. The summed E-state index contributed by atoms with van der Waals surface area (Å²) in [5.41, 5.74) is -0.567. The molecule has 0 saturated carbocycles. The third-order valence-electron chi connectivity index (χ3n) is 2.29. The summed E-state index contributed by atoms with van der Waals surface area (Å²) in [6.07, 6.45) is -1.01. The monoisotopic (exact) mass is 218 g/mol. The minimum absolute atomic E-state index is 0.229. The number of hydrogen-bond donors (Lipinski definition) is 0. The van der Waals surface area contributed by atoms with Crippen LogP contribution in [0, 0.1) is 24.4 Å². The number of ether oxygens (including phenoxy) is 2. The molecule has 0 spiro atoms. The molecule has 15 heavy (non-hydrogen) atoms. The molecule has 2 nitrogen and oxygen atoms in total. The molecule has 1 fully saturated rings. The standard InChI is InChI=1S/C10H9F3O2/c1-5-7(11)4-6(9(13)8(5)12)10-14-2-3-15-10/h4,10H,2-3H2,1H3. The van der Waals surface area contributed by atoms with Crippen LogP contribution in [-0.2, 0) is 9.47 Å². The first-order chi connectivity index (χ1) is 7.11. The molecule has 1 heterocycles. The van der Waals surface area contributed by atoms with Crippen LogP contribution in [0.5, 0.6) is 0 Å². The Morgan fingerprint density at radius 1 is 1.13 bits per heavy atom. The lowest BCUT2D eigenvalue weighted by atomic mass is 10.1. The summed E-state index contributed by atoms with van der Waals surface area (Å²) in [6, 6.07) is 0.906. The largest absolute Gasteiger partial charge is 0.346 e. The predicted octanol–water partition coefficient (Wildman–Crippen LogP) is 2.46. The molecule has 0 aliphatic carbocycles. The van der Waals surface area contributed by atoms with Crippen molar-refractivity contribution >= 4 is 0 Å². The lowest BCUT2D eigenvalue weighted by molar-refractivity contribution is -0.0471. The Morgan fingerprint density at radius 3 is 2.33 bits per heavy atom. The fourth-order valence-corrected chi connectivity index (χ4v) is 1.41. The van der Waals surface area contributed by atoms with Gasteiger partial charge in [-0.25, -0.2) is 13.2 Å². The fourth-order valence-electron chi connectivity index (χ4n) is 1.41. The summed E-state index contributed by atoms with van der Waals surface area (Å²) in [6.45, 7) is 1.76. The highest BCUT2D eigenvalue weighted by atomic mass is 19.2. The molecule has 1 aromatic rings. The van der Waals surface area contributed by atoms with Crippen molar-refractivity contribution in [2.24, 2.45) is 0 Å². The van der Waals surface area contributed by atoms with E-state index in [0.29, 0.717) is 13.2 Å². The van der Waals surface area contributed by atoms with Crippen LogP contribution >= 0.6 is 0 Å². The molecule has 0 radical (unpaired) electrons. The Hall–Kier alpha value is -1.07. The normalized spacial score (nSPS) is 17.3. The van der Waals surface area contributed by atoms with Crippen LogP contribution in [-0.4, -0.2) is 13.2 Å². The van der Waals surface area contributed by atoms with Crippen LogP contribution in [0.3, 0.4) is 0 Å². The first kappa shape index (κ1) is 10.4. The van der Waals surface area contributed by atoms with Crippen LogP contribution in [0.2, 0.25) is 0 Å². The van der Waals surface area contributed by atoms with E-state index in [-0.39, 0.29) is 11.1 Å². The van der Waals surface area contributed by atoms with Gasteiger partial charge >= 0.3 is 0 Å². The van der Waals surface area contributed by atoms with E-state index < -0.39 is 23.7 Å². The summed E-state index contributed by atoms with van der Waals surface area (Å²) in [7, 11) is 0. The number of rotatable bonds is 1. The highest BCUT2D eigenvalue weighted by molar-refractivity contribution is 5.28. The van der Waals surface area contributed by atoms with Crippen molar-refractivity contribution in [3.63, 3.8) is 0 Å². The average molecular weight is 218 g/mol. The van der Waals surface area contributed by atoms with Crippen LogP contribution in [0.1, 0.15) is 17.4 Å². The quantitative estimate of drug-likeness (QED) is 0.674. The Kier molecular flexibility index (Phi) is 2.67. The second-order valence-corrected chi connectivity index (χ2v) is 3.27. The molecule has 0 N–H and O–H groups in total. The summed E-state index contributed by atoms with van der Waals surface area (Å²) in [4.78, 5) is 0. The van der Waals surface area contributed by atoms with Crippen molar-refractivity contribution in [3.8, 4) is 0 Å². The molecular formula is C10H9F3O2. The van der Waals surface area contributed by atoms with E-state index in [1.165, 1.54) is 6.92 Å². The first-order valence-corrected chi connectivity index (χ1v) is 4.48. The molecule has 0 amide bonds. The summed E-state index contributed by atoms with van der Waals surface area (Å²) in [5, 5.41) is 0. The van der Waals surface area contributed by atoms with E-state index in [2.05, 4.69) is 0 Å². The molecule has 1 saturated heterocycles. The number of halogens is 3. The molecule has 0 atom stereocenters. The fraction of sp³-hybridized carbons (Fsp3) is 0.400. The SMILES string of the molecule is Cc1c(F)cc(C2OCCO2)c(F)c1F. The van der Waals surface area contributed by atoms with Crippen LogP contribution in [0.15, 0.2) is 6.07 Å². The van der Waals surface area contributed by atoms with Crippen molar-refractivity contribution in [2.75, 3.05) is 13.2 Å². The molecule has 0 unspecified atom stereocenters. The van der Waals surface area contributed by atoms with Gasteiger partial charge in [0.25, 0.3) is 0 Å². The molecule has 82 valence electrons. The van der Waals surface area contributed by atoms with Crippen molar-refractivity contribution in [1.29, 1.82) is 0 Å². The third-order valence-corrected chi connectivity index (χ3v) is 2.29. The van der Waals surface area contributed by atoms with Gasteiger partial charge in [-0.2, -0.15) is 0 Å². The van der Waals surface area contributed by atoms with Crippen molar-refractivity contribution in [3.05, 3.63) is 34.6 Å². The van der Waals surface area contributed by atoms with Gasteiger partial charge < -0.3 is 9.47 Å². The van der Waals surface area contributed by atoms with E-state index >= 15 is 0 Å². The highest BCUT2D eigenvalue weighted by Crippen LogP contribution is 2.29. The maximum absolute atomic E-state index is 13.4. The van der Waals surface area contributed by atoms with Gasteiger partial charge in [-0.3, -0.25) is 0 Å². The molecule has 5 heteroatoms. The van der Waals surface area contributed by atoms with E-state index in [1.54, 1.807) is 0 Å². The zero-order valence-corrected chi connectivity index (χ0v) is 8.02. The van der Waals surface area contributed by atoms with Crippen molar-refractivity contribution in [2.45, 2.75) is 13.2 Å². The Labute approximate surface area is 84.6 Å². The van der Waals surface area contributed by atoms with Gasteiger partial charge in [0.05, 0.1) is 13.2 Å². The van der Waals surface area contributed by atoms with Crippen LogP contribution < -0.4 is 0 Å². The van der Waals surface area contributed by atoms with Crippen LogP contribution in [0.4, 0.5) is 13.2 Å². The molecular weight excluding hydrogens is 209 g/mol. The van der Waals surface area contributed by atoms with E-state index in [1.807, 2.05) is 0 Å². The lowest BCUT2D eigenvalue weighted by Gasteiger charge is -2.12. The topological polar surface area (TPSA) is 18.5 Å². The van der Waals surface area contributed by atoms with Gasteiger partial charge in [0.15, 0.2) is 17.9 Å². The molecule has 1 aliphatic heterocycles. The van der Waals surface area contributed by atoms with Crippen molar-refractivity contribution < 1.29 is 22.6 Å². The van der Waals surface area contributed by atoms with Gasteiger partial charge in [-0.15, -0.1) is 0 Å². The van der Waals surface area contributed by atoms with Crippen molar-refractivity contribution in [1.82, 2.24) is 0 Å². The number of benzene rings is 1. The smallest absolute Gasteiger partial charge is 0.187 e. The van der Waals surface area contributed by atoms with Gasteiger partial charge in [-0.05, 0) is 13.0 Å². The second kappa shape index (κ2) is 3.83. The summed E-state index contributed by atoms with van der Waals surface area (Å²) < 4.78 is 49.7. The Morgan fingerprint density at radius 2 is 1.73 bits per heavy atom. The van der Waals surface area contributed by atoms with Gasteiger partial charge in [0, 0.05) is 11.1 Å². The molecule has 2 rings (SSSR count). The van der Waals surface area contributed by atoms with Gasteiger partial charge in [-0.1, -0.05) is 0 Å². The third kappa shape index (κ3) is 1.72. The van der Waals surface area contributed by atoms with E-state index in [9.17, 15) is 13.2 Å². The zero-order valence-electron chi connectivity index (χ0n) is 8.02. The Bertz CT molecular complexity index is 387. The first-order valence-electron chi connectivity index (χ1n) is 4.48. The molecule has 0 aromatic heterocycles. The van der Waals surface area contributed by atoms with Gasteiger partial charge in [0.1, 0.15) is 5.82 Å².